The second-order valence-corrected chi connectivity index (χ2v) is 7.35. The molecule has 1 heterocycles. The van der Waals surface area contributed by atoms with Crippen LogP contribution >= 0.6 is 23.2 Å². The number of morpholine rings is 1. The second kappa shape index (κ2) is 8.87. The van der Waals surface area contributed by atoms with E-state index in [9.17, 15) is 5.11 Å². The van der Waals surface area contributed by atoms with Gasteiger partial charge < -0.3 is 14.7 Å². The number of hydrogen-bond acceptors (Lipinski definition) is 3. The molecule has 0 aromatic heterocycles. The van der Waals surface area contributed by atoms with Crippen LogP contribution in [-0.4, -0.2) is 43.7 Å². The summed E-state index contributed by atoms with van der Waals surface area (Å²) in [6, 6.07) is 13.8. The van der Waals surface area contributed by atoms with Crippen molar-refractivity contribution in [3.05, 3.63) is 63.6 Å². The molecule has 1 saturated heterocycles. The molecule has 0 unspecified atom stereocenters. The molecule has 2 atom stereocenters. The van der Waals surface area contributed by atoms with Crippen LogP contribution in [0.1, 0.15) is 24.1 Å². The van der Waals surface area contributed by atoms with Gasteiger partial charge in [-0.05, 0) is 19.1 Å². The number of benzene rings is 2. The van der Waals surface area contributed by atoms with Gasteiger partial charge in [-0.3, -0.25) is 4.99 Å². The normalized spacial score (nSPS) is 18.1. The number of phenols is 1. The highest BCUT2D eigenvalue weighted by atomic mass is 35.5. The summed E-state index contributed by atoms with van der Waals surface area (Å²) in [7, 11) is 0. The van der Waals surface area contributed by atoms with Gasteiger partial charge in [-0.1, -0.05) is 53.5 Å². The first kappa shape index (κ1) is 19.2. The number of ether oxygens (including phenoxy) is 1. The van der Waals surface area contributed by atoms with Gasteiger partial charge in [-0.2, -0.15) is 0 Å². The van der Waals surface area contributed by atoms with E-state index < -0.39 is 0 Å². The molecule has 1 aliphatic rings. The number of halogens is 2. The van der Waals surface area contributed by atoms with Crippen LogP contribution in [-0.2, 0) is 4.74 Å². The van der Waals surface area contributed by atoms with Crippen molar-refractivity contribution in [1.82, 2.24) is 0 Å². The smallest absolute Gasteiger partial charge is 0.143 e. The van der Waals surface area contributed by atoms with Crippen LogP contribution < -0.4 is 4.90 Å². The first-order chi connectivity index (χ1) is 12.6. The third kappa shape index (κ3) is 4.57. The maximum absolute atomic E-state index is 10.1. The van der Waals surface area contributed by atoms with Gasteiger partial charge in [-0.25, -0.2) is 0 Å². The molecular formula is C20H23Cl2N2O2+. The van der Waals surface area contributed by atoms with Crippen molar-refractivity contribution in [1.29, 1.82) is 0 Å². The van der Waals surface area contributed by atoms with Gasteiger partial charge >= 0.3 is 0 Å². The molecule has 1 fully saturated rings. The lowest BCUT2D eigenvalue weighted by atomic mass is 9.98. The first-order valence-corrected chi connectivity index (χ1v) is 9.50. The summed E-state index contributed by atoms with van der Waals surface area (Å²) in [5.41, 5.74) is 1.78. The number of rotatable bonds is 5. The molecule has 0 saturated carbocycles. The summed E-state index contributed by atoms with van der Waals surface area (Å²) < 4.78 is 5.52. The van der Waals surface area contributed by atoms with Crippen LogP contribution in [0.2, 0.25) is 10.0 Å². The first-order valence-electron chi connectivity index (χ1n) is 8.74. The minimum absolute atomic E-state index is 0.00185. The molecule has 138 valence electrons. The molecule has 2 aromatic rings. The molecule has 2 N–H and O–H groups in total. The van der Waals surface area contributed by atoms with E-state index >= 15 is 0 Å². The lowest BCUT2D eigenvalue weighted by Gasteiger charge is -2.33. The van der Waals surface area contributed by atoms with Crippen molar-refractivity contribution in [2.75, 3.05) is 26.3 Å². The van der Waals surface area contributed by atoms with E-state index in [0.29, 0.717) is 10.6 Å². The van der Waals surface area contributed by atoms with E-state index in [-0.39, 0.29) is 22.9 Å². The summed E-state index contributed by atoms with van der Waals surface area (Å²) >= 11 is 12.0. The molecule has 0 bridgehead atoms. The Bertz CT molecular complexity index is 762. The van der Waals surface area contributed by atoms with Crippen molar-refractivity contribution in [3.63, 3.8) is 0 Å². The fourth-order valence-electron chi connectivity index (χ4n) is 3.43. The third-order valence-electron chi connectivity index (χ3n) is 4.72. The number of nitrogens with one attached hydrogen (secondary N) is 1. The van der Waals surface area contributed by atoms with Crippen molar-refractivity contribution in [2.45, 2.75) is 19.0 Å². The Kier molecular flexibility index (Phi) is 6.54. The molecule has 2 aromatic carbocycles. The van der Waals surface area contributed by atoms with E-state index in [0.717, 1.165) is 26.3 Å². The Morgan fingerprint density at radius 2 is 1.85 bits per heavy atom. The lowest BCUT2D eigenvalue weighted by molar-refractivity contribution is -0.940. The molecule has 26 heavy (non-hydrogen) atoms. The van der Waals surface area contributed by atoms with E-state index in [1.807, 2.05) is 6.07 Å². The molecule has 1 aliphatic heterocycles. The maximum Gasteiger partial charge on any atom is 0.143 e. The van der Waals surface area contributed by atoms with Crippen LogP contribution in [0.5, 0.6) is 5.75 Å². The third-order valence-corrected chi connectivity index (χ3v) is 5.23. The number of hydrogen-bond donors (Lipinski definition) is 2. The number of quaternary nitrogens is 1. The number of phenolic OH excluding ortho intramolecular Hbond substituents is 1. The minimum Gasteiger partial charge on any atom is -0.506 e. The molecule has 0 spiro atoms. The van der Waals surface area contributed by atoms with Gasteiger partial charge in [0, 0.05) is 22.4 Å². The molecule has 0 radical (unpaired) electrons. The zero-order valence-corrected chi connectivity index (χ0v) is 16.2. The van der Waals surface area contributed by atoms with E-state index in [4.69, 9.17) is 32.9 Å². The Labute approximate surface area is 164 Å². The highest BCUT2D eigenvalue weighted by molar-refractivity contribution is 6.36. The van der Waals surface area contributed by atoms with Crippen LogP contribution in [0.4, 0.5) is 0 Å². The second-order valence-electron chi connectivity index (χ2n) is 6.50. The predicted molar refractivity (Wildman–Crippen MR) is 106 cm³/mol. The van der Waals surface area contributed by atoms with Gasteiger partial charge in [0.2, 0.25) is 0 Å². The van der Waals surface area contributed by atoms with Crippen LogP contribution in [0.15, 0.2) is 47.5 Å². The predicted octanol–water partition coefficient (Wildman–Crippen LogP) is 3.16. The Morgan fingerprint density at radius 1 is 1.15 bits per heavy atom. The van der Waals surface area contributed by atoms with Crippen molar-refractivity contribution in [2.24, 2.45) is 4.99 Å². The van der Waals surface area contributed by atoms with Gasteiger partial charge in [0.25, 0.3) is 0 Å². The van der Waals surface area contributed by atoms with E-state index in [1.165, 1.54) is 16.5 Å². The SMILES string of the molecule is C[C@@H](N=Cc1cc(Cl)cc(Cl)c1O)[C@@H](c1ccccc1)[NH+]1CCOCC1. The number of nitrogens with zero attached hydrogens (tertiary/aromatic N) is 1. The van der Waals surface area contributed by atoms with Crippen molar-refractivity contribution >= 4 is 29.4 Å². The van der Waals surface area contributed by atoms with Gasteiger partial charge in [0.15, 0.2) is 0 Å². The Morgan fingerprint density at radius 3 is 2.54 bits per heavy atom. The standard InChI is InChI=1S/C20H22Cl2N2O2/c1-14(23-13-16-11-17(21)12-18(22)20(16)25)19(15-5-3-2-4-6-15)24-7-9-26-10-8-24/h2-6,11-14,19,25H,7-10H2,1H3/p+1/t14-,19+/m1/s1. The topological polar surface area (TPSA) is 46.3 Å². The number of aromatic hydroxyl groups is 1. The minimum atomic E-state index is 0.00185. The zero-order valence-electron chi connectivity index (χ0n) is 14.7. The highest BCUT2D eigenvalue weighted by Gasteiger charge is 2.30. The monoisotopic (exact) mass is 393 g/mol. The van der Waals surface area contributed by atoms with Gasteiger partial charge in [0.05, 0.1) is 18.2 Å². The molecule has 0 amide bonds. The van der Waals surface area contributed by atoms with Gasteiger partial charge in [-0.15, -0.1) is 0 Å². The average Bonchev–Trinajstić information content (AvgIpc) is 2.65. The molecule has 3 rings (SSSR count). The fourth-order valence-corrected chi connectivity index (χ4v) is 3.94. The van der Waals surface area contributed by atoms with Crippen molar-refractivity contribution < 1.29 is 14.7 Å². The largest absolute Gasteiger partial charge is 0.506 e. The molecule has 4 nitrogen and oxygen atoms in total. The van der Waals surface area contributed by atoms with E-state index in [2.05, 4.69) is 31.2 Å². The summed E-state index contributed by atoms with van der Waals surface area (Å²) in [4.78, 5) is 6.18. The fraction of sp³-hybridized carbons (Fsp3) is 0.350. The lowest BCUT2D eigenvalue weighted by Crippen LogP contribution is -3.15. The highest BCUT2D eigenvalue weighted by Crippen LogP contribution is 2.30. The average molecular weight is 394 g/mol. The van der Waals surface area contributed by atoms with E-state index in [1.54, 1.807) is 12.3 Å². The summed E-state index contributed by atoms with van der Waals surface area (Å²) in [5, 5.41) is 10.8. The van der Waals surface area contributed by atoms with Crippen LogP contribution in [0, 0.1) is 0 Å². The summed E-state index contributed by atoms with van der Waals surface area (Å²) in [6.45, 7) is 5.53. The maximum atomic E-state index is 10.1. The van der Waals surface area contributed by atoms with Crippen LogP contribution in [0.25, 0.3) is 0 Å². The summed E-state index contributed by atoms with van der Waals surface area (Å²) in [5.74, 6) is 0.00185. The Hall–Kier alpha value is -1.59. The van der Waals surface area contributed by atoms with Crippen molar-refractivity contribution in [3.8, 4) is 5.75 Å². The molecule has 6 heteroatoms. The quantitative estimate of drug-likeness (QED) is 0.766. The van der Waals surface area contributed by atoms with Crippen LogP contribution in [0.3, 0.4) is 0 Å². The summed E-state index contributed by atoms with van der Waals surface area (Å²) in [6.07, 6.45) is 1.66. The van der Waals surface area contributed by atoms with Gasteiger partial charge in [0.1, 0.15) is 30.9 Å². The number of aliphatic imine (C=N–C) groups is 1. The zero-order chi connectivity index (χ0) is 18.5. The molecule has 0 aliphatic carbocycles. The molecular weight excluding hydrogens is 371 g/mol. The Balaban J connectivity index is 1.87.